The molecule has 0 aliphatic carbocycles. The van der Waals surface area contributed by atoms with Crippen LogP contribution >= 0.6 is 0 Å². The summed E-state index contributed by atoms with van der Waals surface area (Å²) in [5.74, 6) is -1.24. The third-order valence-electron chi connectivity index (χ3n) is 5.36. The van der Waals surface area contributed by atoms with Gasteiger partial charge in [-0.25, -0.2) is 4.68 Å². The molecule has 0 saturated heterocycles. The number of hydrogen-bond donors (Lipinski definition) is 2. The summed E-state index contributed by atoms with van der Waals surface area (Å²) in [5, 5.41) is 12.9. The number of hydrogen-bond acceptors (Lipinski definition) is 5. The molecular weight excluding hydrogens is 453 g/mol. The first-order valence-electron chi connectivity index (χ1n) is 10.4. The van der Waals surface area contributed by atoms with Crippen molar-refractivity contribution in [3.63, 3.8) is 0 Å². The number of alkyl halides is 3. The number of nitrogens with two attached hydrogens (primary N) is 1. The molecule has 1 aromatic heterocycles. The Balaban J connectivity index is 1.49. The number of aromatic nitrogens is 2. The summed E-state index contributed by atoms with van der Waals surface area (Å²) in [7, 11) is 0. The lowest BCUT2D eigenvalue weighted by Crippen LogP contribution is -2.44. The third-order valence-corrected chi connectivity index (χ3v) is 5.36. The monoisotopic (exact) mass is 474 g/mol. The molecule has 4 rings (SSSR count). The van der Waals surface area contributed by atoms with Gasteiger partial charge in [0.05, 0.1) is 18.2 Å². The van der Waals surface area contributed by atoms with Crippen molar-refractivity contribution in [3.05, 3.63) is 71.5 Å². The Hall–Kier alpha value is -3.86. The zero-order valence-corrected chi connectivity index (χ0v) is 17.8. The number of nitrogens with zero attached hydrogens (tertiary/aromatic N) is 3. The van der Waals surface area contributed by atoms with E-state index in [9.17, 15) is 22.8 Å². The SMILES string of the molecule is N[C@H](CC(=O)O)C(=O)N1CCc2cc(OCc3cc(C(F)(F)F)n(-c4ccccc4)n3)ccc21. The molecule has 2 heterocycles. The standard InChI is InChI=1S/C23H21F3N4O4/c24-23(25,26)20-11-15(28-30(20)16-4-2-1-3-5-16)13-34-17-6-7-19-14(10-17)8-9-29(19)22(33)18(27)12-21(31)32/h1-7,10-11,18H,8-9,12-13,27H2,(H,31,32)/t18-/m1/s1. The highest BCUT2D eigenvalue weighted by atomic mass is 19.4. The summed E-state index contributed by atoms with van der Waals surface area (Å²) in [5.41, 5.74) is 6.57. The average molecular weight is 474 g/mol. The molecule has 0 fully saturated rings. The summed E-state index contributed by atoms with van der Waals surface area (Å²) in [6.07, 6.45) is -4.55. The number of amides is 1. The van der Waals surface area contributed by atoms with Crippen molar-refractivity contribution in [3.8, 4) is 11.4 Å². The molecule has 3 N–H and O–H groups in total. The Morgan fingerprint density at radius 3 is 2.56 bits per heavy atom. The molecule has 1 aliphatic heterocycles. The van der Waals surface area contributed by atoms with E-state index in [-0.39, 0.29) is 18.0 Å². The molecule has 1 atom stereocenters. The third kappa shape index (κ3) is 4.88. The average Bonchev–Trinajstić information content (AvgIpc) is 3.41. The maximum absolute atomic E-state index is 13.5. The Morgan fingerprint density at radius 2 is 1.88 bits per heavy atom. The zero-order valence-electron chi connectivity index (χ0n) is 17.8. The van der Waals surface area contributed by atoms with Crippen LogP contribution in [-0.4, -0.2) is 39.4 Å². The minimum Gasteiger partial charge on any atom is -0.487 e. The number of carbonyl (C=O) groups is 2. The zero-order chi connectivity index (χ0) is 24.5. The van der Waals surface area contributed by atoms with Gasteiger partial charge >= 0.3 is 12.1 Å². The normalized spacial score (nSPS) is 14.1. The molecule has 1 amide bonds. The number of carboxylic acid groups (broad SMARTS) is 1. The molecule has 178 valence electrons. The minimum atomic E-state index is -4.59. The molecule has 8 nitrogen and oxygen atoms in total. The highest BCUT2D eigenvalue weighted by molar-refractivity contribution is 6.00. The molecule has 0 bridgehead atoms. The molecule has 11 heteroatoms. The van der Waals surface area contributed by atoms with Crippen LogP contribution in [-0.2, 0) is 28.8 Å². The van der Waals surface area contributed by atoms with Crippen LogP contribution in [0.4, 0.5) is 18.9 Å². The number of ether oxygens (including phenoxy) is 1. The van der Waals surface area contributed by atoms with Crippen molar-refractivity contribution in [1.82, 2.24) is 9.78 Å². The largest absolute Gasteiger partial charge is 0.487 e. The van der Waals surface area contributed by atoms with Crippen molar-refractivity contribution in [2.45, 2.75) is 31.7 Å². The molecule has 1 aliphatic rings. The second-order valence-corrected chi connectivity index (χ2v) is 7.79. The van der Waals surface area contributed by atoms with Crippen LogP contribution in [0, 0.1) is 0 Å². The lowest BCUT2D eigenvalue weighted by Gasteiger charge is -2.20. The predicted octanol–water partition coefficient (Wildman–Crippen LogP) is 3.16. The van der Waals surface area contributed by atoms with Crippen LogP contribution in [0.25, 0.3) is 5.69 Å². The first kappa shape index (κ1) is 23.3. The van der Waals surface area contributed by atoms with Gasteiger partial charge in [-0.05, 0) is 48.4 Å². The quantitative estimate of drug-likeness (QED) is 0.544. The summed E-state index contributed by atoms with van der Waals surface area (Å²) in [6.45, 7) is 0.162. The van der Waals surface area contributed by atoms with E-state index in [0.717, 1.165) is 16.3 Å². The van der Waals surface area contributed by atoms with Crippen molar-refractivity contribution in [2.24, 2.45) is 5.73 Å². The van der Waals surface area contributed by atoms with Crippen LogP contribution < -0.4 is 15.4 Å². The van der Waals surface area contributed by atoms with E-state index in [4.69, 9.17) is 15.6 Å². The highest BCUT2D eigenvalue weighted by Crippen LogP contribution is 2.34. The fraction of sp³-hybridized carbons (Fsp3) is 0.261. The van der Waals surface area contributed by atoms with Crippen LogP contribution in [0.3, 0.4) is 0 Å². The topological polar surface area (TPSA) is 111 Å². The fourth-order valence-electron chi connectivity index (χ4n) is 3.80. The number of fused-ring (bicyclic) bond motifs is 1. The first-order valence-corrected chi connectivity index (χ1v) is 10.4. The summed E-state index contributed by atoms with van der Waals surface area (Å²) < 4.78 is 47.1. The van der Waals surface area contributed by atoms with Crippen LogP contribution in [0.15, 0.2) is 54.6 Å². The van der Waals surface area contributed by atoms with E-state index in [2.05, 4.69) is 5.10 Å². The number of carbonyl (C=O) groups excluding carboxylic acids is 1. The van der Waals surface area contributed by atoms with E-state index >= 15 is 0 Å². The number of rotatable bonds is 7. The molecule has 0 spiro atoms. The Kier molecular flexibility index (Phi) is 6.29. The second kappa shape index (κ2) is 9.18. The van der Waals surface area contributed by atoms with Crippen molar-refractivity contribution in [1.29, 1.82) is 0 Å². The minimum absolute atomic E-state index is 0.105. The van der Waals surface area contributed by atoms with Crippen molar-refractivity contribution in [2.75, 3.05) is 11.4 Å². The van der Waals surface area contributed by atoms with Gasteiger partial charge in [-0.15, -0.1) is 0 Å². The van der Waals surface area contributed by atoms with Gasteiger partial charge in [-0.2, -0.15) is 18.3 Å². The maximum Gasteiger partial charge on any atom is 0.433 e. The number of halogens is 3. The van der Waals surface area contributed by atoms with Crippen LogP contribution in [0.1, 0.15) is 23.4 Å². The van der Waals surface area contributed by atoms with E-state index in [1.54, 1.807) is 36.4 Å². The number of para-hydroxylation sites is 1. The van der Waals surface area contributed by atoms with E-state index < -0.39 is 36.2 Å². The maximum atomic E-state index is 13.5. The van der Waals surface area contributed by atoms with Crippen molar-refractivity contribution >= 4 is 17.6 Å². The smallest absolute Gasteiger partial charge is 0.433 e. The number of aliphatic carboxylic acids is 1. The molecule has 0 radical (unpaired) electrons. The number of carboxylic acids is 1. The second-order valence-electron chi connectivity index (χ2n) is 7.79. The first-order chi connectivity index (χ1) is 16.1. The number of anilines is 1. The lowest BCUT2D eigenvalue weighted by atomic mass is 10.1. The van der Waals surface area contributed by atoms with Crippen LogP contribution in [0.2, 0.25) is 0 Å². The van der Waals surface area contributed by atoms with Gasteiger partial charge in [0.2, 0.25) is 5.91 Å². The molecule has 34 heavy (non-hydrogen) atoms. The summed E-state index contributed by atoms with van der Waals surface area (Å²) >= 11 is 0. The molecule has 0 saturated carbocycles. The molecule has 0 unspecified atom stereocenters. The van der Waals surface area contributed by atoms with Gasteiger partial charge in [-0.1, -0.05) is 18.2 Å². The van der Waals surface area contributed by atoms with Gasteiger partial charge in [0, 0.05) is 12.2 Å². The van der Waals surface area contributed by atoms with Gasteiger partial charge in [0.25, 0.3) is 0 Å². The van der Waals surface area contributed by atoms with Gasteiger partial charge in [-0.3, -0.25) is 9.59 Å². The van der Waals surface area contributed by atoms with Gasteiger partial charge < -0.3 is 20.5 Å². The summed E-state index contributed by atoms with van der Waals surface area (Å²) in [6, 6.07) is 12.7. The predicted molar refractivity (Wildman–Crippen MR) is 116 cm³/mol. The van der Waals surface area contributed by atoms with Crippen molar-refractivity contribution < 1.29 is 32.6 Å². The van der Waals surface area contributed by atoms with E-state index in [1.807, 2.05) is 0 Å². The van der Waals surface area contributed by atoms with Gasteiger partial charge in [0.15, 0.2) is 0 Å². The molecular formula is C23H21F3N4O4. The van der Waals surface area contributed by atoms with Crippen LogP contribution in [0.5, 0.6) is 5.75 Å². The Morgan fingerprint density at radius 1 is 1.15 bits per heavy atom. The van der Waals surface area contributed by atoms with E-state index in [1.165, 1.54) is 17.0 Å². The Bertz CT molecular complexity index is 1210. The summed E-state index contributed by atoms with van der Waals surface area (Å²) in [4.78, 5) is 24.7. The lowest BCUT2D eigenvalue weighted by molar-refractivity contribution is -0.143. The molecule has 3 aromatic rings. The highest BCUT2D eigenvalue weighted by Gasteiger charge is 2.36. The fourth-order valence-corrected chi connectivity index (χ4v) is 3.80. The Labute approximate surface area is 192 Å². The van der Waals surface area contributed by atoms with E-state index in [0.29, 0.717) is 24.4 Å². The van der Waals surface area contributed by atoms with Gasteiger partial charge in [0.1, 0.15) is 23.7 Å². The molecule has 2 aromatic carbocycles. The number of benzene rings is 2.